The van der Waals surface area contributed by atoms with Crippen LogP contribution in [0.1, 0.15) is 5.56 Å². The molecule has 0 spiro atoms. The molecule has 1 saturated heterocycles. The smallest absolute Gasteiger partial charge is 0.415 e. The van der Waals surface area contributed by atoms with E-state index in [2.05, 4.69) is 0 Å². The fraction of sp³-hybridized carbons (Fsp3) is 0.273. The molecule has 1 heterocycles. The van der Waals surface area contributed by atoms with Crippen molar-refractivity contribution in [1.29, 1.82) is 0 Å². The Morgan fingerprint density at radius 1 is 1.56 bits per heavy atom. The third-order valence-corrected chi connectivity index (χ3v) is 2.44. The summed E-state index contributed by atoms with van der Waals surface area (Å²) < 4.78 is 4.84. The fourth-order valence-corrected chi connectivity index (χ4v) is 1.62. The minimum absolute atomic E-state index is 0.178. The van der Waals surface area contributed by atoms with Crippen LogP contribution in [0.25, 0.3) is 0 Å². The predicted octanol–water partition coefficient (Wildman–Crippen LogP) is 0.806. The number of nitrogens with two attached hydrogens (primary N) is 1. The molecule has 0 radical (unpaired) electrons. The van der Waals surface area contributed by atoms with Gasteiger partial charge in [0, 0.05) is 5.69 Å². The molecule has 5 nitrogen and oxygen atoms in total. The first kappa shape index (κ1) is 10.5. The molecular weight excluding hydrogens is 208 g/mol. The first-order valence-corrected chi connectivity index (χ1v) is 4.92. The summed E-state index contributed by atoms with van der Waals surface area (Å²) in [5.41, 5.74) is 6.84. The normalized spacial score (nSPS) is 19.7. The summed E-state index contributed by atoms with van der Waals surface area (Å²) >= 11 is 0. The van der Waals surface area contributed by atoms with Crippen LogP contribution in [0.4, 0.5) is 10.5 Å². The highest BCUT2D eigenvalue weighted by atomic mass is 16.6. The van der Waals surface area contributed by atoms with Gasteiger partial charge in [-0.1, -0.05) is 12.1 Å². The lowest BCUT2D eigenvalue weighted by atomic mass is 10.2. The summed E-state index contributed by atoms with van der Waals surface area (Å²) in [6.45, 7) is 2.11. The van der Waals surface area contributed by atoms with Crippen molar-refractivity contribution in [3.63, 3.8) is 0 Å². The second kappa shape index (κ2) is 3.84. The van der Waals surface area contributed by atoms with Gasteiger partial charge in [0.25, 0.3) is 5.91 Å². The van der Waals surface area contributed by atoms with Gasteiger partial charge in [-0.05, 0) is 24.6 Å². The van der Waals surface area contributed by atoms with Crippen LogP contribution in [0.3, 0.4) is 0 Å². The second-order valence-electron chi connectivity index (χ2n) is 3.72. The number of carbonyl (C=O) groups is 2. The van der Waals surface area contributed by atoms with Gasteiger partial charge in [-0.2, -0.15) is 0 Å². The molecule has 0 saturated carbocycles. The molecular formula is C11H12N2O3. The van der Waals surface area contributed by atoms with Crippen LogP contribution in [0.15, 0.2) is 24.3 Å². The van der Waals surface area contributed by atoms with E-state index in [1.54, 1.807) is 6.07 Å². The minimum atomic E-state index is -0.854. The van der Waals surface area contributed by atoms with E-state index in [9.17, 15) is 9.59 Å². The van der Waals surface area contributed by atoms with E-state index in [-0.39, 0.29) is 6.54 Å². The molecule has 1 aliphatic heterocycles. The molecule has 16 heavy (non-hydrogen) atoms. The Morgan fingerprint density at radius 3 is 2.88 bits per heavy atom. The summed E-state index contributed by atoms with van der Waals surface area (Å²) in [7, 11) is 0. The van der Waals surface area contributed by atoms with Crippen molar-refractivity contribution < 1.29 is 14.3 Å². The number of nitrogens with zero attached hydrogens (tertiary/aromatic N) is 1. The van der Waals surface area contributed by atoms with Crippen molar-refractivity contribution in [2.75, 3.05) is 11.4 Å². The summed E-state index contributed by atoms with van der Waals surface area (Å²) in [5, 5.41) is 0. The standard InChI is InChI=1S/C11H12N2O3/c1-7-3-2-4-8(5-7)13-6-9(10(12)14)16-11(13)15/h2-5,9H,6H2,1H3,(H2,12,14)/t9-/m1/s1. The Hall–Kier alpha value is -2.04. The van der Waals surface area contributed by atoms with Crippen LogP contribution in [0, 0.1) is 6.92 Å². The number of ether oxygens (including phenoxy) is 1. The number of aryl methyl sites for hydroxylation is 1. The van der Waals surface area contributed by atoms with E-state index in [1.165, 1.54) is 4.90 Å². The lowest BCUT2D eigenvalue weighted by molar-refractivity contribution is -0.124. The number of anilines is 1. The second-order valence-corrected chi connectivity index (χ2v) is 3.72. The van der Waals surface area contributed by atoms with E-state index in [0.717, 1.165) is 5.56 Å². The first-order chi connectivity index (χ1) is 7.58. The van der Waals surface area contributed by atoms with E-state index in [4.69, 9.17) is 10.5 Å². The van der Waals surface area contributed by atoms with Crippen molar-refractivity contribution in [3.05, 3.63) is 29.8 Å². The zero-order valence-electron chi connectivity index (χ0n) is 8.84. The predicted molar refractivity (Wildman–Crippen MR) is 58.0 cm³/mol. The number of primary amides is 1. The summed E-state index contributed by atoms with van der Waals surface area (Å²) in [4.78, 5) is 23.8. The quantitative estimate of drug-likeness (QED) is 0.801. The maximum absolute atomic E-state index is 11.5. The van der Waals surface area contributed by atoms with Gasteiger partial charge >= 0.3 is 6.09 Å². The SMILES string of the molecule is Cc1cccc(N2C[C@H](C(N)=O)OC2=O)c1. The summed E-state index contributed by atoms with van der Waals surface area (Å²) in [6, 6.07) is 7.41. The Balaban J connectivity index is 2.23. The molecule has 2 rings (SSSR count). The van der Waals surface area contributed by atoms with Crippen molar-refractivity contribution in [1.82, 2.24) is 0 Å². The zero-order valence-corrected chi connectivity index (χ0v) is 8.84. The van der Waals surface area contributed by atoms with Gasteiger partial charge in [0.15, 0.2) is 6.10 Å². The third kappa shape index (κ3) is 1.84. The van der Waals surface area contributed by atoms with E-state index in [1.807, 2.05) is 25.1 Å². The van der Waals surface area contributed by atoms with E-state index in [0.29, 0.717) is 5.69 Å². The average molecular weight is 220 g/mol. The number of amides is 2. The number of carbonyl (C=O) groups excluding carboxylic acids is 2. The molecule has 2 N–H and O–H groups in total. The molecule has 1 fully saturated rings. The highest BCUT2D eigenvalue weighted by molar-refractivity contribution is 5.95. The van der Waals surface area contributed by atoms with E-state index >= 15 is 0 Å². The summed E-state index contributed by atoms with van der Waals surface area (Å²) in [6.07, 6.45) is -1.39. The zero-order chi connectivity index (χ0) is 11.7. The van der Waals surface area contributed by atoms with Crippen molar-refractivity contribution >= 4 is 17.7 Å². The molecule has 1 aliphatic rings. The van der Waals surface area contributed by atoms with Crippen LogP contribution in [0.2, 0.25) is 0 Å². The fourth-order valence-electron chi connectivity index (χ4n) is 1.62. The van der Waals surface area contributed by atoms with Crippen LogP contribution in [-0.4, -0.2) is 24.6 Å². The molecule has 0 unspecified atom stereocenters. The number of cyclic esters (lactones) is 1. The van der Waals surface area contributed by atoms with Crippen molar-refractivity contribution in [2.45, 2.75) is 13.0 Å². The van der Waals surface area contributed by atoms with Crippen LogP contribution in [-0.2, 0) is 9.53 Å². The lowest BCUT2D eigenvalue weighted by Crippen LogP contribution is -2.32. The molecule has 2 amide bonds. The van der Waals surface area contributed by atoms with Gasteiger partial charge < -0.3 is 10.5 Å². The Bertz CT molecular complexity index is 445. The molecule has 0 aliphatic carbocycles. The monoisotopic (exact) mass is 220 g/mol. The van der Waals surface area contributed by atoms with Crippen LogP contribution >= 0.6 is 0 Å². The number of hydrogen-bond donors (Lipinski definition) is 1. The Kier molecular flexibility index (Phi) is 2.52. The molecule has 1 aromatic rings. The molecule has 0 bridgehead atoms. The topological polar surface area (TPSA) is 72.6 Å². The first-order valence-electron chi connectivity index (χ1n) is 4.92. The van der Waals surface area contributed by atoms with Crippen molar-refractivity contribution in [2.24, 2.45) is 5.73 Å². The number of benzene rings is 1. The Morgan fingerprint density at radius 2 is 2.31 bits per heavy atom. The highest BCUT2D eigenvalue weighted by Crippen LogP contribution is 2.22. The molecule has 1 atom stereocenters. The van der Waals surface area contributed by atoms with Gasteiger partial charge in [-0.15, -0.1) is 0 Å². The van der Waals surface area contributed by atoms with E-state index < -0.39 is 18.1 Å². The maximum Gasteiger partial charge on any atom is 0.415 e. The number of hydrogen-bond acceptors (Lipinski definition) is 3. The van der Waals surface area contributed by atoms with Crippen molar-refractivity contribution in [3.8, 4) is 0 Å². The van der Waals surface area contributed by atoms with Crippen LogP contribution < -0.4 is 10.6 Å². The van der Waals surface area contributed by atoms with Gasteiger partial charge in [0.1, 0.15) is 0 Å². The van der Waals surface area contributed by atoms with Gasteiger partial charge in [-0.3, -0.25) is 9.69 Å². The maximum atomic E-state index is 11.5. The largest absolute Gasteiger partial charge is 0.434 e. The Labute approximate surface area is 92.8 Å². The summed E-state index contributed by atoms with van der Waals surface area (Å²) in [5.74, 6) is -0.622. The molecule has 5 heteroatoms. The minimum Gasteiger partial charge on any atom is -0.434 e. The molecule has 84 valence electrons. The average Bonchev–Trinajstić information content (AvgIpc) is 2.60. The lowest BCUT2D eigenvalue weighted by Gasteiger charge is -2.12. The number of rotatable bonds is 2. The molecule has 1 aromatic carbocycles. The van der Waals surface area contributed by atoms with Gasteiger partial charge in [0.05, 0.1) is 6.54 Å². The van der Waals surface area contributed by atoms with Gasteiger partial charge in [-0.25, -0.2) is 4.79 Å². The highest BCUT2D eigenvalue weighted by Gasteiger charge is 2.35. The molecule has 0 aromatic heterocycles. The third-order valence-electron chi connectivity index (χ3n) is 2.44. The van der Waals surface area contributed by atoms with Crippen LogP contribution in [0.5, 0.6) is 0 Å². The van der Waals surface area contributed by atoms with Gasteiger partial charge in [0.2, 0.25) is 0 Å².